The van der Waals surface area contributed by atoms with Crippen LogP contribution in [0.15, 0.2) is 0 Å². The molecule has 3 aliphatic rings. The highest BCUT2D eigenvalue weighted by atomic mass is 32.1. The molecule has 80 valence electrons. The minimum Gasteiger partial charge on any atom is -0.487 e. The molecule has 3 rings (SSSR count). The molecule has 3 aliphatic carbocycles. The lowest BCUT2D eigenvalue weighted by atomic mass is 9.46. The Morgan fingerprint density at radius 3 is 2.64 bits per heavy atom. The molecule has 3 atom stereocenters. The van der Waals surface area contributed by atoms with Crippen LogP contribution in [0, 0.1) is 23.2 Å². The number of hydrogen-bond donors (Lipinski definition) is 0. The second-order valence-corrected chi connectivity index (χ2v) is 6.08. The molecule has 0 radical (unpaired) electrons. The number of thiocarbonyl (C=S) groups is 1. The van der Waals surface area contributed by atoms with Crippen LogP contribution < -0.4 is 0 Å². The van der Waals surface area contributed by atoms with Crippen molar-refractivity contribution < 1.29 is 4.74 Å². The first-order valence-electron chi connectivity index (χ1n) is 5.65. The molecule has 2 heteroatoms. The molecule has 0 aromatic rings. The average Bonchev–Trinajstić information content (AvgIpc) is 2.14. The molecular formula is C12H20OS. The molecule has 0 aromatic carbocycles. The van der Waals surface area contributed by atoms with Crippen LogP contribution in [0.2, 0.25) is 0 Å². The van der Waals surface area contributed by atoms with Crippen LogP contribution in [0.1, 0.15) is 40.0 Å². The van der Waals surface area contributed by atoms with E-state index in [-0.39, 0.29) is 0 Å². The third-order valence-electron chi connectivity index (χ3n) is 4.50. The van der Waals surface area contributed by atoms with Gasteiger partial charge in [0.1, 0.15) is 0 Å². The first-order chi connectivity index (χ1) is 6.51. The second kappa shape index (κ2) is 3.48. The SMILES string of the molecule is CC(=S)OCC1CCC2CC1C2(C)C. The van der Waals surface area contributed by atoms with Gasteiger partial charge in [-0.3, -0.25) is 0 Å². The summed E-state index contributed by atoms with van der Waals surface area (Å²) in [5.41, 5.74) is 0.571. The van der Waals surface area contributed by atoms with Gasteiger partial charge in [-0.05, 0) is 54.6 Å². The Kier molecular flexibility index (Phi) is 2.59. The molecule has 0 saturated heterocycles. The Labute approximate surface area is 92.2 Å². The maximum absolute atomic E-state index is 5.50. The van der Waals surface area contributed by atoms with Gasteiger partial charge in [-0.2, -0.15) is 0 Å². The van der Waals surface area contributed by atoms with Crippen molar-refractivity contribution in [1.29, 1.82) is 0 Å². The third kappa shape index (κ3) is 1.58. The standard InChI is InChI=1S/C12H20OS/c1-8(14)13-7-9-4-5-10-6-11(9)12(10,2)3/h9-11H,4-7H2,1-3H3. The number of rotatable bonds is 2. The van der Waals surface area contributed by atoms with E-state index >= 15 is 0 Å². The highest BCUT2D eigenvalue weighted by Gasteiger charge is 2.54. The largest absolute Gasteiger partial charge is 0.487 e. The summed E-state index contributed by atoms with van der Waals surface area (Å²) in [6.45, 7) is 7.56. The van der Waals surface area contributed by atoms with Gasteiger partial charge in [0.05, 0.1) is 6.61 Å². The van der Waals surface area contributed by atoms with Gasteiger partial charge in [-0.25, -0.2) is 0 Å². The first kappa shape index (κ1) is 10.4. The Bertz CT molecular complexity index is 245. The molecule has 14 heavy (non-hydrogen) atoms. The molecular weight excluding hydrogens is 192 g/mol. The lowest BCUT2D eigenvalue weighted by Crippen LogP contribution is -2.53. The fourth-order valence-electron chi connectivity index (χ4n) is 3.39. The van der Waals surface area contributed by atoms with E-state index in [0.717, 1.165) is 24.4 Å². The lowest BCUT2D eigenvalue weighted by Gasteiger charge is -2.60. The predicted molar refractivity (Wildman–Crippen MR) is 62.3 cm³/mol. The van der Waals surface area contributed by atoms with Gasteiger partial charge in [-0.1, -0.05) is 13.8 Å². The summed E-state index contributed by atoms with van der Waals surface area (Å²) in [6.07, 6.45) is 4.17. The van der Waals surface area contributed by atoms with Gasteiger partial charge in [0.25, 0.3) is 0 Å². The van der Waals surface area contributed by atoms with Gasteiger partial charge < -0.3 is 4.74 Å². The van der Waals surface area contributed by atoms with Crippen LogP contribution in [0.3, 0.4) is 0 Å². The van der Waals surface area contributed by atoms with Crippen LogP contribution in [0.5, 0.6) is 0 Å². The van der Waals surface area contributed by atoms with Crippen molar-refractivity contribution in [1.82, 2.24) is 0 Å². The molecule has 3 saturated carbocycles. The summed E-state index contributed by atoms with van der Waals surface area (Å²) in [5.74, 6) is 2.63. The van der Waals surface area contributed by atoms with Crippen LogP contribution >= 0.6 is 12.2 Å². The van der Waals surface area contributed by atoms with Gasteiger partial charge in [0.2, 0.25) is 0 Å². The van der Waals surface area contributed by atoms with E-state index in [1.54, 1.807) is 0 Å². The third-order valence-corrected chi connectivity index (χ3v) is 4.62. The Morgan fingerprint density at radius 2 is 2.14 bits per heavy atom. The smallest absolute Gasteiger partial charge is 0.156 e. The molecule has 0 N–H and O–H groups in total. The van der Waals surface area contributed by atoms with Crippen molar-refractivity contribution in [2.24, 2.45) is 23.2 Å². The number of fused-ring (bicyclic) bond motifs is 2. The first-order valence-corrected chi connectivity index (χ1v) is 6.06. The van der Waals surface area contributed by atoms with Crippen LogP contribution in [-0.2, 0) is 4.74 Å². The molecule has 0 aromatic heterocycles. The zero-order valence-corrected chi connectivity index (χ0v) is 10.2. The molecule has 2 bridgehead atoms. The fraction of sp³-hybridized carbons (Fsp3) is 0.917. The van der Waals surface area contributed by atoms with Crippen molar-refractivity contribution in [2.45, 2.75) is 40.0 Å². The summed E-state index contributed by atoms with van der Waals surface area (Å²) in [7, 11) is 0. The van der Waals surface area contributed by atoms with Crippen molar-refractivity contribution in [3.63, 3.8) is 0 Å². The van der Waals surface area contributed by atoms with Crippen LogP contribution in [0.25, 0.3) is 0 Å². The zero-order valence-electron chi connectivity index (χ0n) is 9.38. The van der Waals surface area contributed by atoms with E-state index in [9.17, 15) is 0 Å². The van der Waals surface area contributed by atoms with E-state index in [1.165, 1.54) is 19.3 Å². The quantitative estimate of drug-likeness (QED) is 0.649. The van der Waals surface area contributed by atoms with E-state index in [1.807, 2.05) is 6.92 Å². The maximum atomic E-state index is 5.50. The molecule has 0 aliphatic heterocycles. The lowest BCUT2D eigenvalue weighted by molar-refractivity contribution is -0.115. The van der Waals surface area contributed by atoms with Gasteiger partial charge in [0, 0.05) is 6.92 Å². The van der Waals surface area contributed by atoms with Crippen molar-refractivity contribution in [3.8, 4) is 0 Å². The zero-order chi connectivity index (χ0) is 10.3. The predicted octanol–water partition coefficient (Wildman–Crippen LogP) is 3.42. The molecule has 0 spiro atoms. The van der Waals surface area contributed by atoms with Crippen molar-refractivity contribution in [3.05, 3.63) is 0 Å². The van der Waals surface area contributed by atoms with Crippen LogP contribution in [-0.4, -0.2) is 11.7 Å². The van der Waals surface area contributed by atoms with E-state index < -0.39 is 0 Å². The Hall–Kier alpha value is -0.110. The average molecular weight is 212 g/mol. The summed E-state index contributed by atoms with van der Waals surface area (Å²) < 4.78 is 5.50. The Balaban J connectivity index is 1.91. The second-order valence-electron chi connectivity index (χ2n) is 5.50. The monoisotopic (exact) mass is 212 g/mol. The van der Waals surface area contributed by atoms with Gasteiger partial charge in [0.15, 0.2) is 5.05 Å². The fourth-order valence-corrected chi connectivity index (χ4v) is 3.45. The van der Waals surface area contributed by atoms with Crippen molar-refractivity contribution >= 4 is 17.3 Å². The van der Waals surface area contributed by atoms with Gasteiger partial charge in [-0.15, -0.1) is 0 Å². The molecule has 0 amide bonds. The summed E-state index contributed by atoms with van der Waals surface area (Å²) in [5, 5.41) is 0.698. The Morgan fingerprint density at radius 1 is 1.43 bits per heavy atom. The number of hydrogen-bond acceptors (Lipinski definition) is 2. The summed E-state index contributed by atoms with van der Waals surface area (Å²) in [6, 6.07) is 0. The topological polar surface area (TPSA) is 9.23 Å². The molecule has 0 heterocycles. The van der Waals surface area contributed by atoms with Crippen LogP contribution in [0.4, 0.5) is 0 Å². The normalized spacial score (nSPS) is 38.6. The minimum atomic E-state index is 0.571. The minimum absolute atomic E-state index is 0.571. The summed E-state index contributed by atoms with van der Waals surface area (Å²) in [4.78, 5) is 0. The van der Waals surface area contributed by atoms with E-state index in [0.29, 0.717) is 10.5 Å². The summed E-state index contributed by atoms with van der Waals surface area (Å²) >= 11 is 4.95. The van der Waals surface area contributed by atoms with E-state index in [4.69, 9.17) is 17.0 Å². The highest BCUT2D eigenvalue weighted by Crippen LogP contribution is 2.61. The van der Waals surface area contributed by atoms with E-state index in [2.05, 4.69) is 13.8 Å². The maximum Gasteiger partial charge on any atom is 0.156 e. The number of ether oxygens (including phenoxy) is 1. The molecule has 1 nitrogen and oxygen atoms in total. The highest BCUT2D eigenvalue weighted by molar-refractivity contribution is 7.80. The van der Waals surface area contributed by atoms with Crippen molar-refractivity contribution in [2.75, 3.05) is 6.61 Å². The molecule has 3 fully saturated rings. The molecule has 3 unspecified atom stereocenters. The van der Waals surface area contributed by atoms with Gasteiger partial charge >= 0.3 is 0 Å².